The van der Waals surface area contributed by atoms with Crippen LogP contribution in [0.2, 0.25) is 0 Å². The minimum Gasteiger partial charge on any atom is -0.481 e. The molecule has 0 unspecified atom stereocenters. The molecule has 0 spiro atoms. The van der Waals surface area contributed by atoms with Crippen LogP contribution >= 0.6 is 0 Å². The van der Waals surface area contributed by atoms with E-state index in [2.05, 4.69) is 10.3 Å². The maximum atomic E-state index is 13.0. The Labute approximate surface area is 171 Å². The first-order valence-electron chi connectivity index (χ1n) is 10.6. The van der Waals surface area contributed by atoms with Gasteiger partial charge in [0.2, 0.25) is 5.88 Å². The Morgan fingerprint density at radius 2 is 1.97 bits per heavy atom. The van der Waals surface area contributed by atoms with E-state index < -0.39 is 6.09 Å². The summed E-state index contributed by atoms with van der Waals surface area (Å²) in [4.78, 5) is 29.7. The predicted molar refractivity (Wildman–Crippen MR) is 113 cm³/mol. The van der Waals surface area contributed by atoms with Gasteiger partial charge in [0.05, 0.1) is 24.1 Å². The van der Waals surface area contributed by atoms with E-state index in [-0.39, 0.29) is 11.6 Å². The van der Waals surface area contributed by atoms with Crippen molar-refractivity contribution >= 4 is 16.9 Å². The Bertz CT molecular complexity index is 899. The van der Waals surface area contributed by atoms with Gasteiger partial charge in [0.1, 0.15) is 0 Å². The number of nitrogens with one attached hydrogen (secondary N) is 1. The van der Waals surface area contributed by atoms with E-state index in [0.29, 0.717) is 34.9 Å². The molecular weight excluding hydrogens is 370 g/mol. The van der Waals surface area contributed by atoms with E-state index in [1.807, 2.05) is 13.8 Å². The highest BCUT2D eigenvalue weighted by Crippen LogP contribution is 2.28. The standard InChI is InChI=1S/C22H31N3O4/c1-4-16(5-2)25-14-19(18-13-23-20(28-3)11-17(18)21(25)26)29-22(27)24-12-15-9-7-6-8-10-15/h11,13-16H,4-10,12H2,1-3H3,(H,24,27). The number of hydrogen-bond donors (Lipinski definition) is 1. The third-order valence-electron chi connectivity index (χ3n) is 5.87. The van der Waals surface area contributed by atoms with Gasteiger partial charge in [-0.25, -0.2) is 9.78 Å². The maximum Gasteiger partial charge on any atom is 0.412 e. The lowest BCUT2D eigenvalue weighted by molar-refractivity contribution is 0.196. The summed E-state index contributed by atoms with van der Waals surface area (Å²) in [5, 5.41) is 3.82. The normalized spacial score (nSPS) is 14.9. The van der Waals surface area contributed by atoms with Crippen molar-refractivity contribution in [3.05, 3.63) is 28.8 Å². The van der Waals surface area contributed by atoms with Crippen molar-refractivity contribution in [2.75, 3.05) is 13.7 Å². The number of amides is 1. The number of fused-ring (bicyclic) bond motifs is 1. The summed E-state index contributed by atoms with van der Waals surface area (Å²) in [5.74, 6) is 1.20. The first kappa shape index (κ1) is 21.1. The summed E-state index contributed by atoms with van der Waals surface area (Å²) < 4.78 is 12.5. The molecule has 2 heterocycles. The molecule has 158 valence electrons. The second-order valence-electron chi connectivity index (χ2n) is 7.72. The Morgan fingerprint density at radius 1 is 1.24 bits per heavy atom. The molecule has 0 bridgehead atoms. The highest BCUT2D eigenvalue weighted by atomic mass is 16.6. The molecule has 2 aromatic heterocycles. The number of rotatable bonds is 7. The summed E-state index contributed by atoms with van der Waals surface area (Å²) in [5.41, 5.74) is -0.135. The number of methoxy groups -OCH3 is 1. The van der Waals surface area contributed by atoms with Gasteiger partial charge < -0.3 is 19.4 Å². The van der Waals surface area contributed by atoms with E-state index in [1.165, 1.54) is 32.6 Å². The number of hydrogen-bond acceptors (Lipinski definition) is 5. The molecule has 3 rings (SSSR count). The monoisotopic (exact) mass is 401 g/mol. The second-order valence-corrected chi connectivity index (χ2v) is 7.72. The topological polar surface area (TPSA) is 82.4 Å². The molecule has 1 aliphatic carbocycles. The van der Waals surface area contributed by atoms with E-state index >= 15 is 0 Å². The van der Waals surface area contributed by atoms with Crippen LogP contribution < -0.4 is 20.3 Å². The van der Waals surface area contributed by atoms with Crippen LogP contribution in [0.15, 0.2) is 23.3 Å². The highest BCUT2D eigenvalue weighted by molar-refractivity contribution is 5.89. The zero-order chi connectivity index (χ0) is 20.8. The molecule has 7 heteroatoms. The van der Waals surface area contributed by atoms with Gasteiger partial charge in [-0.05, 0) is 31.6 Å². The van der Waals surface area contributed by atoms with Gasteiger partial charge in [0.15, 0.2) is 5.75 Å². The van der Waals surface area contributed by atoms with Gasteiger partial charge in [0.25, 0.3) is 5.56 Å². The summed E-state index contributed by atoms with van der Waals surface area (Å²) in [6, 6.07) is 1.63. The van der Waals surface area contributed by atoms with Crippen LogP contribution in [-0.4, -0.2) is 29.3 Å². The van der Waals surface area contributed by atoms with Crippen molar-refractivity contribution < 1.29 is 14.3 Å². The van der Waals surface area contributed by atoms with Crippen LogP contribution in [0.3, 0.4) is 0 Å². The van der Waals surface area contributed by atoms with E-state index in [0.717, 1.165) is 25.7 Å². The average Bonchev–Trinajstić information content (AvgIpc) is 2.76. The molecule has 1 amide bonds. The zero-order valence-electron chi connectivity index (χ0n) is 17.6. The fourth-order valence-corrected chi connectivity index (χ4v) is 4.10. The molecule has 0 aromatic carbocycles. The Morgan fingerprint density at radius 3 is 2.62 bits per heavy atom. The van der Waals surface area contributed by atoms with Gasteiger partial charge >= 0.3 is 6.09 Å². The summed E-state index contributed by atoms with van der Waals surface area (Å²) in [6.45, 7) is 4.69. The number of carbonyl (C=O) groups excluding carboxylic acids is 1. The van der Waals surface area contributed by atoms with Crippen molar-refractivity contribution in [2.45, 2.75) is 64.8 Å². The quantitative estimate of drug-likeness (QED) is 0.742. The molecule has 0 radical (unpaired) electrons. The minimum atomic E-state index is -0.498. The third kappa shape index (κ3) is 4.89. The number of carbonyl (C=O) groups is 1. The Balaban J connectivity index is 1.89. The van der Waals surface area contributed by atoms with Crippen LogP contribution in [0.1, 0.15) is 64.8 Å². The molecule has 7 nitrogen and oxygen atoms in total. The summed E-state index contributed by atoms with van der Waals surface area (Å²) in [6.07, 6.45) is 10.3. The molecule has 0 saturated heterocycles. The van der Waals surface area contributed by atoms with E-state index in [4.69, 9.17) is 9.47 Å². The fourth-order valence-electron chi connectivity index (χ4n) is 4.10. The highest BCUT2D eigenvalue weighted by Gasteiger charge is 2.19. The van der Waals surface area contributed by atoms with Crippen molar-refractivity contribution in [2.24, 2.45) is 5.92 Å². The molecule has 0 aliphatic heterocycles. The molecule has 1 saturated carbocycles. The SMILES string of the molecule is CCC(CC)n1cc(OC(=O)NCC2CCCCC2)c2cnc(OC)cc2c1=O. The third-order valence-corrected chi connectivity index (χ3v) is 5.87. The molecule has 1 N–H and O–H groups in total. The molecule has 2 aromatic rings. The molecule has 29 heavy (non-hydrogen) atoms. The van der Waals surface area contributed by atoms with Gasteiger partial charge in [0, 0.05) is 24.8 Å². The van der Waals surface area contributed by atoms with Crippen molar-refractivity contribution in [3.63, 3.8) is 0 Å². The number of pyridine rings is 2. The predicted octanol–water partition coefficient (Wildman–Crippen LogP) is 4.43. The van der Waals surface area contributed by atoms with Gasteiger partial charge in [-0.1, -0.05) is 33.1 Å². The number of ether oxygens (including phenoxy) is 2. The van der Waals surface area contributed by atoms with Gasteiger partial charge in [-0.15, -0.1) is 0 Å². The Kier molecular flexibility index (Phi) is 7.12. The van der Waals surface area contributed by atoms with E-state index in [1.54, 1.807) is 16.8 Å². The summed E-state index contributed by atoms with van der Waals surface area (Å²) >= 11 is 0. The van der Waals surface area contributed by atoms with Gasteiger partial charge in [-0.3, -0.25) is 4.79 Å². The van der Waals surface area contributed by atoms with Crippen molar-refractivity contribution in [1.29, 1.82) is 0 Å². The molecule has 1 fully saturated rings. The Hall–Kier alpha value is -2.57. The van der Waals surface area contributed by atoms with E-state index in [9.17, 15) is 9.59 Å². The first-order valence-corrected chi connectivity index (χ1v) is 10.6. The maximum absolute atomic E-state index is 13.0. The zero-order valence-corrected chi connectivity index (χ0v) is 17.6. The van der Waals surface area contributed by atoms with Crippen LogP contribution in [0.4, 0.5) is 4.79 Å². The molecular formula is C22H31N3O4. The minimum absolute atomic E-state index is 0.0266. The largest absolute Gasteiger partial charge is 0.481 e. The van der Waals surface area contributed by atoms with Crippen LogP contribution in [-0.2, 0) is 0 Å². The number of aromatic nitrogens is 2. The lowest BCUT2D eigenvalue weighted by Gasteiger charge is -2.22. The van der Waals surface area contributed by atoms with Crippen LogP contribution in [0.5, 0.6) is 11.6 Å². The second kappa shape index (κ2) is 9.76. The smallest absolute Gasteiger partial charge is 0.412 e. The molecule has 1 aliphatic rings. The molecule has 0 atom stereocenters. The average molecular weight is 402 g/mol. The lowest BCUT2D eigenvalue weighted by Crippen LogP contribution is -2.33. The van der Waals surface area contributed by atoms with Gasteiger partial charge in [-0.2, -0.15) is 0 Å². The lowest BCUT2D eigenvalue weighted by atomic mass is 9.89. The van der Waals surface area contributed by atoms with Crippen molar-refractivity contribution in [3.8, 4) is 11.6 Å². The fraction of sp³-hybridized carbons (Fsp3) is 0.591. The van der Waals surface area contributed by atoms with Crippen LogP contribution in [0, 0.1) is 5.92 Å². The van der Waals surface area contributed by atoms with Crippen molar-refractivity contribution in [1.82, 2.24) is 14.9 Å². The first-order chi connectivity index (χ1) is 14.1. The van der Waals surface area contributed by atoms with Crippen LogP contribution in [0.25, 0.3) is 10.8 Å². The summed E-state index contributed by atoms with van der Waals surface area (Å²) in [7, 11) is 1.51. The number of nitrogens with zero attached hydrogens (tertiary/aromatic N) is 2.